The molecule has 1 aliphatic heterocycles. The standard InChI is InChI=1S/C55H49N5S/c1-7-18-36(6)59-46(11-5)49(20-9-3)61-50-34-32-42(35-48(50)59)44-25-17-26-45-51-43-24-16-15-21-39(43)31-33-47(51)60(52(44)45)55-57-53(40-22-13-12-14-23-40)56-54(58-55)41-29-27-38(28-30-41)37(10-4)19-8-2/h7-10,12-15,17-23,25-36H,2,4,11,16,24H2,1,3,5-6H3/b18-7-,20-9-,37-19+. The Labute approximate surface area is 363 Å². The molecular formula is C55H49N5S. The van der Waals surface area contributed by atoms with Crippen molar-refractivity contribution in [2.45, 2.75) is 57.9 Å². The van der Waals surface area contributed by atoms with Gasteiger partial charge in [-0.1, -0.05) is 171 Å². The van der Waals surface area contributed by atoms with Gasteiger partial charge in [0.05, 0.1) is 16.7 Å². The van der Waals surface area contributed by atoms with E-state index in [1.54, 1.807) is 6.08 Å². The number of allylic oxidation sites excluding steroid dienone is 9. The molecule has 0 radical (unpaired) electrons. The lowest BCUT2D eigenvalue weighted by atomic mass is 9.92. The van der Waals surface area contributed by atoms with Gasteiger partial charge in [-0.05, 0) is 86.1 Å². The number of nitrogens with zero attached hydrogens (tertiary/aromatic N) is 5. The second-order valence-electron chi connectivity index (χ2n) is 15.4. The highest BCUT2D eigenvalue weighted by molar-refractivity contribution is 8.03. The first-order valence-electron chi connectivity index (χ1n) is 21.2. The topological polar surface area (TPSA) is 46.8 Å². The maximum Gasteiger partial charge on any atom is 0.238 e. The Morgan fingerprint density at radius 1 is 0.836 bits per heavy atom. The van der Waals surface area contributed by atoms with E-state index in [4.69, 9.17) is 15.0 Å². The molecule has 0 saturated heterocycles. The van der Waals surface area contributed by atoms with Crippen molar-refractivity contribution in [3.8, 4) is 39.9 Å². The SMILES string of the molecule is C=C/C=C(\C=C)c1ccc(-c2nc(-c3ccccc3)nc(-n3c4ccc5c(c4c4cccc(-c6ccc7c(c6)N(C(C)/C=C\C)C(CC)=C(/C=C\C)S7)c43)CCC=C5)n2)cc1. The van der Waals surface area contributed by atoms with E-state index in [0.717, 1.165) is 63.7 Å². The minimum absolute atomic E-state index is 0.174. The molecule has 1 unspecified atom stereocenters. The quantitative estimate of drug-likeness (QED) is 0.0962. The lowest BCUT2D eigenvalue weighted by Crippen LogP contribution is -2.33. The van der Waals surface area contributed by atoms with Gasteiger partial charge < -0.3 is 4.90 Å². The summed E-state index contributed by atoms with van der Waals surface area (Å²) < 4.78 is 2.29. The molecule has 3 heterocycles. The van der Waals surface area contributed by atoms with Crippen LogP contribution in [0.25, 0.3) is 73.3 Å². The molecule has 61 heavy (non-hydrogen) atoms. The molecular weight excluding hydrogens is 763 g/mol. The molecule has 6 heteroatoms. The zero-order valence-corrected chi connectivity index (χ0v) is 36.1. The molecule has 2 aliphatic rings. The Kier molecular flexibility index (Phi) is 11.1. The highest BCUT2D eigenvalue weighted by Crippen LogP contribution is 2.49. The third-order valence-electron chi connectivity index (χ3n) is 11.7. The van der Waals surface area contributed by atoms with Crippen molar-refractivity contribution in [1.29, 1.82) is 0 Å². The van der Waals surface area contributed by atoms with E-state index in [1.807, 2.05) is 42.1 Å². The number of hydrogen-bond donors (Lipinski definition) is 0. The predicted molar refractivity (Wildman–Crippen MR) is 261 cm³/mol. The highest BCUT2D eigenvalue weighted by Gasteiger charge is 2.29. The van der Waals surface area contributed by atoms with Crippen LogP contribution in [0.1, 0.15) is 57.2 Å². The smallest absolute Gasteiger partial charge is 0.238 e. The van der Waals surface area contributed by atoms with Gasteiger partial charge in [-0.3, -0.25) is 4.57 Å². The first-order valence-corrected chi connectivity index (χ1v) is 22.0. The van der Waals surface area contributed by atoms with Gasteiger partial charge in [-0.15, -0.1) is 0 Å². The number of hydrogen-bond acceptors (Lipinski definition) is 5. The maximum absolute atomic E-state index is 5.37. The highest BCUT2D eigenvalue weighted by atomic mass is 32.2. The van der Waals surface area contributed by atoms with Crippen molar-refractivity contribution in [3.05, 3.63) is 192 Å². The number of thioether (sulfide) groups is 1. The molecule has 0 saturated carbocycles. The van der Waals surface area contributed by atoms with E-state index < -0.39 is 0 Å². The van der Waals surface area contributed by atoms with Crippen LogP contribution in [0, 0.1) is 0 Å². The molecule has 7 aromatic rings. The second kappa shape index (κ2) is 17.1. The fraction of sp³-hybridized carbons (Fsp3) is 0.145. The average Bonchev–Trinajstić information content (AvgIpc) is 3.66. The molecule has 2 aromatic heterocycles. The summed E-state index contributed by atoms with van der Waals surface area (Å²) in [5.41, 5.74) is 13.5. The zero-order valence-electron chi connectivity index (χ0n) is 35.3. The van der Waals surface area contributed by atoms with E-state index in [-0.39, 0.29) is 6.04 Å². The normalized spacial score (nSPS) is 14.6. The van der Waals surface area contributed by atoms with Crippen LogP contribution in [0.5, 0.6) is 0 Å². The summed E-state index contributed by atoms with van der Waals surface area (Å²) in [7, 11) is 0. The molecule has 0 N–H and O–H groups in total. The number of anilines is 1. The van der Waals surface area contributed by atoms with E-state index in [0.29, 0.717) is 17.6 Å². The van der Waals surface area contributed by atoms with Crippen molar-refractivity contribution in [1.82, 2.24) is 19.5 Å². The number of fused-ring (bicyclic) bond motifs is 6. The molecule has 0 amide bonds. The van der Waals surface area contributed by atoms with Crippen molar-refractivity contribution < 1.29 is 0 Å². The van der Waals surface area contributed by atoms with Gasteiger partial charge in [0, 0.05) is 49.0 Å². The molecule has 0 spiro atoms. The lowest BCUT2D eigenvalue weighted by Gasteiger charge is -2.38. The van der Waals surface area contributed by atoms with E-state index in [2.05, 4.69) is 172 Å². The van der Waals surface area contributed by atoms with Gasteiger partial charge in [0.2, 0.25) is 5.95 Å². The molecule has 1 atom stereocenters. The number of benzene rings is 5. The lowest BCUT2D eigenvalue weighted by molar-refractivity contribution is 0.777. The summed E-state index contributed by atoms with van der Waals surface area (Å²) in [6.07, 6.45) is 21.9. The van der Waals surface area contributed by atoms with Crippen LogP contribution in [-0.4, -0.2) is 25.6 Å². The van der Waals surface area contributed by atoms with Crippen LogP contribution >= 0.6 is 11.8 Å². The summed E-state index contributed by atoms with van der Waals surface area (Å²) in [4.78, 5) is 20.9. The Morgan fingerprint density at radius 2 is 1.61 bits per heavy atom. The summed E-state index contributed by atoms with van der Waals surface area (Å²) in [6.45, 7) is 16.7. The minimum atomic E-state index is 0.174. The first kappa shape index (κ1) is 39.7. The van der Waals surface area contributed by atoms with Gasteiger partial charge in [0.25, 0.3) is 0 Å². The average molecular weight is 812 g/mol. The Hall–Kier alpha value is -6.76. The Balaban J connectivity index is 1.32. The van der Waals surface area contributed by atoms with E-state index in [9.17, 15) is 0 Å². The molecule has 0 fully saturated rings. The summed E-state index contributed by atoms with van der Waals surface area (Å²) >= 11 is 1.86. The number of aryl methyl sites for hydroxylation is 1. The number of aromatic nitrogens is 4. The summed E-state index contributed by atoms with van der Waals surface area (Å²) in [5.74, 6) is 1.80. The van der Waals surface area contributed by atoms with Crippen molar-refractivity contribution >= 4 is 50.9 Å². The van der Waals surface area contributed by atoms with Crippen LogP contribution in [0.3, 0.4) is 0 Å². The van der Waals surface area contributed by atoms with Crippen molar-refractivity contribution in [3.63, 3.8) is 0 Å². The predicted octanol–water partition coefficient (Wildman–Crippen LogP) is 14.8. The zero-order chi connectivity index (χ0) is 42.0. The second-order valence-corrected chi connectivity index (χ2v) is 16.5. The Morgan fingerprint density at radius 3 is 2.33 bits per heavy atom. The van der Waals surface area contributed by atoms with Gasteiger partial charge in [0.15, 0.2) is 11.6 Å². The maximum atomic E-state index is 5.37. The Bertz CT molecular complexity index is 3000. The van der Waals surface area contributed by atoms with E-state index >= 15 is 0 Å². The largest absolute Gasteiger partial charge is 0.336 e. The molecule has 0 bridgehead atoms. The van der Waals surface area contributed by atoms with Crippen LogP contribution in [0.2, 0.25) is 0 Å². The number of para-hydroxylation sites is 1. The monoisotopic (exact) mass is 811 g/mol. The fourth-order valence-electron chi connectivity index (χ4n) is 8.94. The summed E-state index contributed by atoms with van der Waals surface area (Å²) in [6, 6.07) is 37.0. The molecule has 5 aromatic carbocycles. The van der Waals surface area contributed by atoms with E-state index in [1.165, 1.54) is 43.1 Å². The molecule has 1 aliphatic carbocycles. The third kappa shape index (κ3) is 7.21. The molecule has 9 rings (SSSR count). The van der Waals surface area contributed by atoms with Crippen molar-refractivity contribution in [2.24, 2.45) is 0 Å². The van der Waals surface area contributed by atoms with Crippen molar-refractivity contribution in [2.75, 3.05) is 4.90 Å². The van der Waals surface area contributed by atoms with Crippen LogP contribution in [0.15, 0.2) is 180 Å². The van der Waals surface area contributed by atoms with Gasteiger partial charge in [0.1, 0.15) is 0 Å². The molecule has 300 valence electrons. The van der Waals surface area contributed by atoms with Crippen LogP contribution in [0.4, 0.5) is 5.69 Å². The first-order chi connectivity index (χ1) is 30.0. The third-order valence-corrected chi connectivity index (χ3v) is 12.8. The number of rotatable bonds is 11. The van der Waals surface area contributed by atoms with Crippen LogP contribution < -0.4 is 4.90 Å². The van der Waals surface area contributed by atoms with Gasteiger partial charge in [-0.25, -0.2) is 4.98 Å². The fourth-order valence-corrected chi connectivity index (χ4v) is 10.1. The van der Waals surface area contributed by atoms with Gasteiger partial charge >= 0.3 is 0 Å². The molecule has 5 nitrogen and oxygen atoms in total. The van der Waals surface area contributed by atoms with Crippen LogP contribution in [-0.2, 0) is 6.42 Å². The summed E-state index contributed by atoms with van der Waals surface area (Å²) in [5, 5.41) is 2.44. The van der Waals surface area contributed by atoms with Gasteiger partial charge in [-0.2, -0.15) is 9.97 Å². The minimum Gasteiger partial charge on any atom is -0.336 e.